The van der Waals surface area contributed by atoms with Crippen LogP contribution in [0.1, 0.15) is 18.5 Å². The number of nitrogens with one attached hydrogen (secondary N) is 3. The predicted octanol–water partition coefficient (Wildman–Crippen LogP) is 0.468. The van der Waals surface area contributed by atoms with Gasteiger partial charge in [-0.05, 0) is 28.8 Å². The first-order valence-corrected chi connectivity index (χ1v) is 6.65. The Morgan fingerprint density at radius 2 is 2.37 bits per heavy atom. The molecule has 0 atom stereocenters. The summed E-state index contributed by atoms with van der Waals surface area (Å²) in [5.41, 5.74) is -0.194. The molecular formula is C11H12BrN5O2. The standard InChI is InChI=1S/C11H12BrN5O2/c12-7-3-15-17(6-7)11(1-2-11)9(18)13-4-8-5-14-10(19)16-8/h3,5-6H,1-2,4H2,(H,13,18)(H2,14,16,19). The van der Waals surface area contributed by atoms with Gasteiger partial charge in [0.25, 0.3) is 0 Å². The van der Waals surface area contributed by atoms with Gasteiger partial charge in [-0.1, -0.05) is 0 Å². The molecule has 2 heterocycles. The van der Waals surface area contributed by atoms with Gasteiger partial charge in [-0.3, -0.25) is 9.48 Å². The Morgan fingerprint density at radius 3 is 2.89 bits per heavy atom. The molecule has 7 nitrogen and oxygen atoms in total. The van der Waals surface area contributed by atoms with Gasteiger partial charge in [0.05, 0.1) is 22.9 Å². The van der Waals surface area contributed by atoms with Crippen LogP contribution in [0.2, 0.25) is 0 Å². The highest BCUT2D eigenvalue weighted by Gasteiger charge is 2.52. The topological polar surface area (TPSA) is 95.6 Å². The number of rotatable bonds is 4. The van der Waals surface area contributed by atoms with Crippen molar-refractivity contribution in [2.24, 2.45) is 0 Å². The summed E-state index contributed by atoms with van der Waals surface area (Å²) in [6.45, 7) is 0.293. The first-order valence-electron chi connectivity index (χ1n) is 5.86. The molecule has 3 N–H and O–H groups in total. The quantitative estimate of drug-likeness (QED) is 0.762. The van der Waals surface area contributed by atoms with Crippen molar-refractivity contribution in [1.29, 1.82) is 0 Å². The molecule has 0 saturated heterocycles. The van der Waals surface area contributed by atoms with E-state index in [0.29, 0.717) is 12.2 Å². The number of hydrogen-bond donors (Lipinski definition) is 3. The molecule has 0 unspecified atom stereocenters. The second-order valence-corrected chi connectivity index (χ2v) is 5.50. The van der Waals surface area contributed by atoms with Gasteiger partial charge >= 0.3 is 5.69 Å². The first kappa shape index (κ1) is 12.2. The van der Waals surface area contributed by atoms with Crippen molar-refractivity contribution >= 4 is 21.8 Å². The number of amides is 1. The molecule has 1 amide bonds. The van der Waals surface area contributed by atoms with E-state index >= 15 is 0 Å². The summed E-state index contributed by atoms with van der Waals surface area (Å²) in [5.74, 6) is -0.0786. The average molecular weight is 326 g/mol. The third-order valence-electron chi connectivity index (χ3n) is 3.23. The maximum Gasteiger partial charge on any atom is 0.323 e. The predicted molar refractivity (Wildman–Crippen MR) is 70.4 cm³/mol. The molecule has 1 aliphatic carbocycles. The lowest BCUT2D eigenvalue weighted by Gasteiger charge is -2.15. The summed E-state index contributed by atoms with van der Waals surface area (Å²) in [7, 11) is 0. The number of carbonyl (C=O) groups is 1. The SMILES string of the molecule is O=C(NCc1c[nH]c(=O)[nH]1)C1(n2cc(Br)cn2)CC1. The van der Waals surface area contributed by atoms with Crippen LogP contribution in [0.25, 0.3) is 0 Å². The van der Waals surface area contributed by atoms with Crippen LogP contribution in [-0.4, -0.2) is 25.7 Å². The van der Waals surface area contributed by atoms with Crippen molar-refractivity contribution in [3.8, 4) is 0 Å². The van der Waals surface area contributed by atoms with E-state index in [4.69, 9.17) is 0 Å². The highest BCUT2D eigenvalue weighted by molar-refractivity contribution is 9.10. The second kappa shape index (κ2) is 4.37. The van der Waals surface area contributed by atoms with Gasteiger partial charge in [0, 0.05) is 12.4 Å². The van der Waals surface area contributed by atoms with Crippen LogP contribution in [-0.2, 0) is 16.9 Å². The highest BCUT2D eigenvalue weighted by atomic mass is 79.9. The number of hydrogen-bond acceptors (Lipinski definition) is 3. The average Bonchev–Trinajstić information content (AvgIpc) is 2.92. The smallest absolute Gasteiger partial charge is 0.323 e. The molecule has 1 saturated carbocycles. The normalized spacial score (nSPS) is 16.3. The Hall–Kier alpha value is -1.83. The van der Waals surface area contributed by atoms with Gasteiger partial charge < -0.3 is 15.3 Å². The molecule has 1 aliphatic rings. The van der Waals surface area contributed by atoms with E-state index in [0.717, 1.165) is 17.3 Å². The van der Waals surface area contributed by atoms with Crippen LogP contribution < -0.4 is 11.0 Å². The van der Waals surface area contributed by atoms with Crippen LogP contribution in [0, 0.1) is 0 Å². The fourth-order valence-corrected chi connectivity index (χ4v) is 2.30. The Morgan fingerprint density at radius 1 is 1.58 bits per heavy atom. The molecule has 1 fully saturated rings. The van der Waals surface area contributed by atoms with Crippen molar-refractivity contribution in [3.63, 3.8) is 0 Å². The summed E-state index contributed by atoms with van der Waals surface area (Å²) in [6.07, 6.45) is 6.56. The van der Waals surface area contributed by atoms with Gasteiger partial charge in [-0.25, -0.2) is 4.79 Å². The summed E-state index contributed by atoms with van der Waals surface area (Å²) in [4.78, 5) is 28.2. The number of aromatic nitrogens is 4. The third-order valence-corrected chi connectivity index (χ3v) is 3.64. The number of H-pyrrole nitrogens is 2. The largest absolute Gasteiger partial charge is 0.348 e. The van der Waals surface area contributed by atoms with Crippen LogP contribution in [0.5, 0.6) is 0 Å². The Balaban J connectivity index is 1.69. The Labute approximate surface area is 116 Å². The van der Waals surface area contributed by atoms with E-state index < -0.39 is 5.54 Å². The van der Waals surface area contributed by atoms with Crippen LogP contribution in [0.4, 0.5) is 0 Å². The second-order valence-electron chi connectivity index (χ2n) is 4.59. The molecule has 100 valence electrons. The zero-order valence-corrected chi connectivity index (χ0v) is 11.5. The maximum absolute atomic E-state index is 12.2. The third kappa shape index (κ3) is 2.23. The molecule has 2 aromatic heterocycles. The van der Waals surface area contributed by atoms with Crippen molar-refractivity contribution in [1.82, 2.24) is 25.1 Å². The highest BCUT2D eigenvalue weighted by Crippen LogP contribution is 2.43. The van der Waals surface area contributed by atoms with Gasteiger partial charge in [0.1, 0.15) is 5.54 Å². The zero-order valence-electron chi connectivity index (χ0n) is 9.94. The van der Waals surface area contributed by atoms with E-state index in [-0.39, 0.29) is 11.6 Å². The van der Waals surface area contributed by atoms with Crippen molar-refractivity contribution in [3.05, 3.63) is 39.2 Å². The summed E-state index contributed by atoms with van der Waals surface area (Å²) in [5, 5.41) is 6.99. The van der Waals surface area contributed by atoms with Gasteiger partial charge in [0.2, 0.25) is 5.91 Å². The number of imidazole rings is 1. The zero-order chi connectivity index (χ0) is 13.5. The van der Waals surface area contributed by atoms with E-state index in [2.05, 4.69) is 36.3 Å². The fraction of sp³-hybridized carbons (Fsp3) is 0.364. The number of carbonyl (C=O) groups excluding carboxylic acids is 1. The van der Waals surface area contributed by atoms with E-state index in [1.807, 2.05) is 0 Å². The summed E-state index contributed by atoms with van der Waals surface area (Å²) in [6, 6.07) is 0. The molecule has 0 radical (unpaired) electrons. The maximum atomic E-state index is 12.2. The molecule has 2 aromatic rings. The number of halogens is 1. The molecule has 3 rings (SSSR count). The molecule has 0 aromatic carbocycles. The lowest BCUT2D eigenvalue weighted by Crippen LogP contribution is -2.38. The minimum atomic E-state index is -0.567. The Kier molecular flexibility index (Phi) is 2.81. The van der Waals surface area contributed by atoms with E-state index in [1.54, 1.807) is 23.3 Å². The van der Waals surface area contributed by atoms with E-state index in [1.165, 1.54) is 0 Å². The Bertz CT molecular complexity index is 666. The van der Waals surface area contributed by atoms with Gasteiger partial charge in [-0.2, -0.15) is 5.10 Å². The lowest BCUT2D eigenvalue weighted by molar-refractivity contribution is -0.126. The van der Waals surface area contributed by atoms with Crippen molar-refractivity contribution in [2.75, 3.05) is 0 Å². The van der Waals surface area contributed by atoms with Gasteiger partial charge in [-0.15, -0.1) is 0 Å². The van der Waals surface area contributed by atoms with Crippen LogP contribution in [0.15, 0.2) is 27.9 Å². The lowest BCUT2D eigenvalue weighted by atomic mass is 10.2. The van der Waals surface area contributed by atoms with Crippen LogP contribution >= 0.6 is 15.9 Å². The molecular weight excluding hydrogens is 314 g/mol. The minimum Gasteiger partial charge on any atom is -0.348 e. The summed E-state index contributed by atoms with van der Waals surface area (Å²) < 4.78 is 2.54. The monoisotopic (exact) mass is 325 g/mol. The van der Waals surface area contributed by atoms with Crippen molar-refractivity contribution in [2.45, 2.75) is 24.9 Å². The minimum absolute atomic E-state index is 0.0786. The van der Waals surface area contributed by atoms with Crippen LogP contribution in [0.3, 0.4) is 0 Å². The van der Waals surface area contributed by atoms with Gasteiger partial charge in [0.15, 0.2) is 0 Å². The molecule has 19 heavy (non-hydrogen) atoms. The number of nitrogens with zero attached hydrogens (tertiary/aromatic N) is 2. The molecule has 8 heteroatoms. The molecule has 0 spiro atoms. The van der Waals surface area contributed by atoms with Crippen molar-refractivity contribution < 1.29 is 4.79 Å². The van der Waals surface area contributed by atoms with E-state index in [9.17, 15) is 9.59 Å². The first-order chi connectivity index (χ1) is 9.10. The molecule has 0 bridgehead atoms. The summed E-state index contributed by atoms with van der Waals surface area (Å²) >= 11 is 3.32. The number of aromatic amines is 2. The fourth-order valence-electron chi connectivity index (χ4n) is 2.02. The molecule has 0 aliphatic heterocycles.